The van der Waals surface area contributed by atoms with Gasteiger partial charge in [-0.25, -0.2) is 0 Å². The summed E-state index contributed by atoms with van der Waals surface area (Å²) >= 11 is 0. The van der Waals surface area contributed by atoms with E-state index in [0.717, 1.165) is 0 Å². The van der Waals surface area contributed by atoms with Gasteiger partial charge in [-0.3, -0.25) is 14.5 Å². The van der Waals surface area contributed by atoms with Crippen LogP contribution in [0.3, 0.4) is 0 Å². The second kappa shape index (κ2) is 6.60. The summed E-state index contributed by atoms with van der Waals surface area (Å²) < 4.78 is 0. The van der Waals surface area contributed by atoms with Gasteiger partial charge in [0.1, 0.15) is 5.78 Å². The lowest BCUT2D eigenvalue weighted by Crippen LogP contribution is -2.37. The van der Waals surface area contributed by atoms with Gasteiger partial charge >= 0.3 is 0 Å². The van der Waals surface area contributed by atoms with Gasteiger partial charge in [-0.1, -0.05) is 6.92 Å². The molecule has 0 rings (SSSR count). The van der Waals surface area contributed by atoms with E-state index in [9.17, 15) is 9.59 Å². The molecule has 0 radical (unpaired) electrons. The zero-order valence-corrected chi connectivity index (χ0v) is 8.59. The largest absolute Gasteiger partial charge is 0.355 e. The van der Waals surface area contributed by atoms with E-state index in [1.807, 2.05) is 13.8 Å². The molecule has 0 heterocycles. The average Bonchev–Trinajstić information content (AvgIpc) is 2.04. The fourth-order valence-electron chi connectivity index (χ4n) is 0.967. The Morgan fingerprint density at radius 2 is 1.85 bits per heavy atom. The highest BCUT2D eigenvalue weighted by Gasteiger charge is 2.07. The Labute approximate surface area is 79.3 Å². The molecule has 1 N–H and O–H groups in total. The van der Waals surface area contributed by atoms with Gasteiger partial charge in [-0.05, 0) is 14.0 Å². The van der Waals surface area contributed by atoms with Crippen molar-refractivity contribution >= 4 is 11.7 Å². The van der Waals surface area contributed by atoms with Crippen LogP contribution in [0.2, 0.25) is 0 Å². The van der Waals surface area contributed by atoms with Crippen LogP contribution in [-0.2, 0) is 9.59 Å². The van der Waals surface area contributed by atoms with Crippen LogP contribution < -0.4 is 5.32 Å². The van der Waals surface area contributed by atoms with Crippen molar-refractivity contribution in [3.63, 3.8) is 0 Å². The fourth-order valence-corrected chi connectivity index (χ4v) is 0.967. The molecule has 0 aromatic carbocycles. The molecular weight excluding hydrogens is 168 g/mol. The molecule has 0 aliphatic carbocycles. The van der Waals surface area contributed by atoms with Gasteiger partial charge < -0.3 is 5.32 Å². The van der Waals surface area contributed by atoms with Crippen LogP contribution in [-0.4, -0.2) is 43.3 Å². The number of likely N-dealkylation sites (N-methyl/N-ethyl adjacent to an activating group) is 2. The number of ketones is 1. The number of hydrogen-bond donors (Lipinski definition) is 1. The number of hydrogen-bond acceptors (Lipinski definition) is 3. The van der Waals surface area contributed by atoms with E-state index in [2.05, 4.69) is 5.32 Å². The normalized spacial score (nSPS) is 10.2. The average molecular weight is 186 g/mol. The SMILES string of the molecule is CCNC(=O)CN(C)CC(=O)CC. The fraction of sp³-hybridized carbons (Fsp3) is 0.778. The molecule has 0 atom stereocenters. The van der Waals surface area contributed by atoms with E-state index in [1.54, 1.807) is 11.9 Å². The first-order chi connectivity index (χ1) is 6.10. The Kier molecular flexibility index (Phi) is 6.14. The lowest BCUT2D eigenvalue weighted by molar-refractivity contribution is -0.123. The summed E-state index contributed by atoms with van der Waals surface area (Å²) in [5, 5.41) is 2.68. The number of amides is 1. The van der Waals surface area contributed by atoms with E-state index >= 15 is 0 Å². The minimum absolute atomic E-state index is 0.0334. The van der Waals surface area contributed by atoms with Crippen LogP contribution in [0.1, 0.15) is 20.3 Å². The van der Waals surface area contributed by atoms with Crippen molar-refractivity contribution in [3.05, 3.63) is 0 Å². The number of carbonyl (C=O) groups is 2. The molecule has 76 valence electrons. The highest BCUT2D eigenvalue weighted by molar-refractivity contribution is 5.82. The first-order valence-corrected chi connectivity index (χ1v) is 4.57. The standard InChI is InChI=1S/C9H18N2O2/c1-4-8(12)6-11(3)7-9(13)10-5-2/h4-7H2,1-3H3,(H,10,13). The Morgan fingerprint density at radius 3 is 2.31 bits per heavy atom. The van der Waals surface area contributed by atoms with Crippen molar-refractivity contribution in [1.29, 1.82) is 0 Å². The molecule has 1 amide bonds. The minimum atomic E-state index is -0.0334. The molecule has 0 bridgehead atoms. The summed E-state index contributed by atoms with van der Waals surface area (Å²) in [5.41, 5.74) is 0. The molecule has 13 heavy (non-hydrogen) atoms. The van der Waals surface area contributed by atoms with Crippen molar-refractivity contribution < 1.29 is 9.59 Å². The van der Waals surface area contributed by atoms with Crippen LogP contribution in [0, 0.1) is 0 Å². The van der Waals surface area contributed by atoms with Gasteiger partial charge in [0.2, 0.25) is 5.91 Å². The topological polar surface area (TPSA) is 49.4 Å². The van der Waals surface area contributed by atoms with E-state index in [1.165, 1.54) is 0 Å². The number of nitrogens with zero attached hydrogens (tertiary/aromatic N) is 1. The summed E-state index contributed by atoms with van der Waals surface area (Å²) in [4.78, 5) is 23.8. The number of nitrogens with one attached hydrogen (secondary N) is 1. The Hall–Kier alpha value is -0.900. The second-order valence-electron chi connectivity index (χ2n) is 3.02. The highest BCUT2D eigenvalue weighted by atomic mass is 16.2. The summed E-state index contributed by atoms with van der Waals surface area (Å²) in [7, 11) is 1.77. The predicted molar refractivity (Wildman–Crippen MR) is 51.5 cm³/mol. The van der Waals surface area contributed by atoms with Gasteiger partial charge in [0.25, 0.3) is 0 Å². The van der Waals surface area contributed by atoms with Crippen LogP contribution in [0.5, 0.6) is 0 Å². The van der Waals surface area contributed by atoms with Gasteiger partial charge in [0, 0.05) is 13.0 Å². The van der Waals surface area contributed by atoms with Crippen molar-refractivity contribution in [3.8, 4) is 0 Å². The lowest BCUT2D eigenvalue weighted by atomic mass is 10.3. The maximum atomic E-state index is 11.1. The van der Waals surface area contributed by atoms with Crippen molar-refractivity contribution in [1.82, 2.24) is 10.2 Å². The molecule has 0 spiro atoms. The quantitative estimate of drug-likeness (QED) is 0.637. The van der Waals surface area contributed by atoms with Crippen LogP contribution in [0.25, 0.3) is 0 Å². The van der Waals surface area contributed by atoms with Gasteiger partial charge in [0.15, 0.2) is 0 Å². The third kappa shape index (κ3) is 6.28. The predicted octanol–water partition coefficient (Wildman–Crippen LogP) is 0.0334. The zero-order chi connectivity index (χ0) is 10.3. The second-order valence-corrected chi connectivity index (χ2v) is 3.02. The maximum Gasteiger partial charge on any atom is 0.234 e. The minimum Gasteiger partial charge on any atom is -0.355 e. The number of carbonyl (C=O) groups excluding carboxylic acids is 2. The molecule has 0 fully saturated rings. The molecule has 0 saturated heterocycles. The molecule has 4 heteroatoms. The van der Waals surface area contributed by atoms with Gasteiger partial charge in [-0.2, -0.15) is 0 Å². The first kappa shape index (κ1) is 12.1. The third-order valence-corrected chi connectivity index (χ3v) is 1.63. The Balaban J connectivity index is 3.67. The smallest absolute Gasteiger partial charge is 0.234 e. The molecule has 0 aliphatic rings. The van der Waals surface area contributed by atoms with Gasteiger partial charge in [0.05, 0.1) is 13.1 Å². The molecule has 4 nitrogen and oxygen atoms in total. The summed E-state index contributed by atoms with van der Waals surface area (Å²) in [6.45, 7) is 4.97. The van der Waals surface area contributed by atoms with Crippen LogP contribution in [0.4, 0.5) is 0 Å². The zero-order valence-electron chi connectivity index (χ0n) is 8.59. The molecule has 0 saturated carbocycles. The third-order valence-electron chi connectivity index (χ3n) is 1.63. The van der Waals surface area contributed by atoms with E-state index in [-0.39, 0.29) is 11.7 Å². The molecule has 0 unspecified atom stereocenters. The van der Waals surface area contributed by atoms with E-state index < -0.39 is 0 Å². The van der Waals surface area contributed by atoms with Crippen molar-refractivity contribution in [2.24, 2.45) is 0 Å². The highest BCUT2D eigenvalue weighted by Crippen LogP contribution is 1.87. The Bertz CT molecular complexity index is 180. The van der Waals surface area contributed by atoms with Gasteiger partial charge in [-0.15, -0.1) is 0 Å². The molecular formula is C9H18N2O2. The molecule has 0 aromatic heterocycles. The molecule has 0 aromatic rings. The number of Topliss-reactive ketones (excluding diaryl/α,β-unsaturated/α-hetero) is 1. The van der Waals surface area contributed by atoms with Crippen molar-refractivity contribution in [2.45, 2.75) is 20.3 Å². The number of rotatable bonds is 6. The van der Waals surface area contributed by atoms with Crippen LogP contribution >= 0.6 is 0 Å². The summed E-state index contributed by atoms with van der Waals surface area (Å²) in [5.74, 6) is 0.126. The summed E-state index contributed by atoms with van der Waals surface area (Å²) in [6.07, 6.45) is 0.528. The lowest BCUT2D eigenvalue weighted by Gasteiger charge is -2.14. The van der Waals surface area contributed by atoms with E-state index in [4.69, 9.17) is 0 Å². The maximum absolute atomic E-state index is 11.1. The molecule has 0 aliphatic heterocycles. The Morgan fingerprint density at radius 1 is 1.23 bits per heavy atom. The monoisotopic (exact) mass is 186 g/mol. The first-order valence-electron chi connectivity index (χ1n) is 4.57. The van der Waals surface area contributed by atoms with E-state index in [0.29, 0.717) is 26.1 Å². The summed E-state index contributed by atoms with van der Waals surface area (Å²) in [6, 6.07) is 0. The van der Waals surface area contributed by atoms with Crippen molar-refractivity contribution in [2.75, 3.05) is 26.7 Å². The van der Waals surface area contributed by atoms with Crippen LogP contribution in [0.15, 0.2) is 0 Å².